The molecule has 2 aromatic rings. The minimum Gasteiger partial charge on any atom is -0.476 e. The van der Waals surface area contributed by atoms with Crippen LogP contribution in [0.25, 0.3) is 0 Å². The normalized spacial score (nSPS) is 17.0. The van der Waals surface area contributed by atoms with Crippen LogP contribution in [-0.4, -0.2) is 45.1 Å². The number of hydrogen-bond donors (Lipinski definition) is 1. The molecular weight excluding hydrogens is 332 g/mol. The van der Waals surface area contributed by atoms with Crippen molar-refractivity contribution in [2.45, 2.75) is 25.8 Å². The molecule has 0 bridgehead atoms. The summed E-state index contributed by atoms with van der Waals surface area (Å²) < 4.78 is 4.96. The second kappa shape index (κ2) is 6.91. The highest BCUT2D eigenvalue weighted by Gasteiger charge is 2.30. The molecule has 0 aliphatic carbocycles. The molecular formula is C15H16N4O4S. The van der Waals surface area contributed by atoms with Crippen molar-refractivity contribution in [2.24, 2.45) is 0 Å². The molecule has 8 nitrogen and oxygen atoms in total. The van der Waals surface area contributed by atoms with E-state index in [9.17, 15) is 9.59 Å². The summed E-state index contributed by atoms with van der Waals surface area (Å²) in [6, 6.07) is 0.00292. The Hall–Kier alpha value is -2.55. The van der Waals surface area contributed by atoms with Gasteiger partial charge in [0.15, 0.2) is 11.4 Å². The Morgan fingerprint density at radius 2 is 2.21 bits per heavy atom. The fourth-order valence-corrected chi connectivity index (χ4v) is 3.55. The summed E-state index contributed by atoms with van der Waals surface area (Å²) in [4.78, 5) is 37.2. The van der Waals surface area contributed by atoms with Crippen LogP contribution in [0.15, 0.2) is 17.8 Å². The van der Waals surface area contributed by atoms with Crippen LogP contribution in [0.3, 0.4) is 0 Å². The van der Waals surface area contributed by atoms with Crippen LogP contribution >= 0.6 is 11.3 Å². The van der Waals surface area contributed by atoms with Crippen LogP contribution in [0, 0.1) is 0 Å². The quantitative estimate of drug-likeness (QED) is 0.819. The lowest BCUT2D eigenvalue weighted by molar-refractivity contribution is 0.0519. The standard InChI is InChI=1S/C15H16N4O4S/c1-2-23-15(22)10-8-24-13(18-10)11-4-3-5-19(11)12-7-16-9(6-17-12)14(20)21/h6-8,11H,2-5H2,1H3,(H,20,21). The number of carboxylic acids is 1. The largest absolute Gasteiger partial charge is 0.476 e. The Bertz CT molecular complexity index is 746. The van der Waals surface area contributed by atoms with Crippen molar-refractivity contribution >= 4 is 29.1 Å². The van der Waals surface area contributed by atoms with E-state index in [1.165, 1.54) is 23.7 Å². The van der Waals surface area contributed by atoms with Crippen LogP contribution in [0.5, 0.6) is 0 Å². The number of thiazole rings is 1. The average Bonchev–Trinajstić information content (AvgIpc) is 3.24. The highest BCUT2D eigenvalue weighted by Crippen LogP contribution is 2.36. The van der Waals surface area contributed by atoms with Gasteiger partial charge >= 0.3 is 11.9 Å². The van der Waals surface area contributed by atoms with Gasteiger partial charge in [0, 0.05) is 11.9 Å². The van der Waals surface area contributed by atoms with Crippen molar-refractivity contribution in [1.82, 2.24) is 15.0 Å². The number of nitrogens with zero attached hydrogens (tertiary/aromatic N) is 4. The van der Waals surface area contributed by atoms with E-state index in [0.717, 1.165) is 24.4 Å². The molecule has 24 heavy (non-hydrogen) atoms. The van der Waals surface area contributed by atoms with E-state index in [0.29, 0.717) is 18.1 Å². The molecule has 1 atom stereocenters. The summed E-state index contributed by atoms with van der Waals surface area (Å²) in [5.74, 6) is -0.920. The smallest absolute Gasteiger partial charge is 0.357 e. The predicted octanol–water partition coefficient (Wildman–Crippen LogP) is 2.15. The highest BCUT2D eigenvalue weighted by molar-refractivity contribution is 7.10. The summed E-state index contributed by atoms with van der Waals surface area (Å²) >= 11 is 1.41. The van der Waals surface area contributed by atoms with Crippen LogP contribution in [0.4, 0.5) is 5.82 Å². The van der Waals surface area contributed by atoms with Gasteiger partial charge in [-0.15, -0.1) is 11.3 Å². The molecule has 0 aromatic carbocycles. The van der Waals surface area contributed by atoms with Gasteiger partial charge in [-0.25, -0.2) is 24.5 Å². The molecule has 1 aliphatic rings. The number of aromatic carboxylic acids is 1. The Balaban J connectivity index is 1.80. The summed E-state index contributed by atoms with van der Waals surface area (Å²) in [6.07, 6.45) is 4.56. The van der Waals surface area contributed by atoms with Crippen molar-refractivity contribution in [2.75, 3.05) is 18.1 Å². The molecule has 1 saturated heterocycles. The van der Waals surface area contributed by atoms with Gasteiger partial charge in [0.2, 0.25) is 0 Å². The maximum Gasteiger partial charge on any atom is 0.357 e. The molecule has 0 amide bonds. The number of hydrogen-bond acceptors (Lipinski definition) is 8. The molecule has 3 heterocycles. The maximum atomic E-state index is 11.8. The zero-order valence-electron chi connectivity index (χ0n) is 13.0. The topological polar surface area (TPSA) is 106 Å². The first-order valence-electron chi connectivity index (χ1n) is 7.54. The Labute approximate surface area is 142 Å². The van der Waals surface area contributed by atoms with Gasteiger partial charge in [-0.05, 0) is 19.8 Å². The molecule has 0 spiro atoms. The number of anilines is 1. The van der Waals surface area contributed by atoms with Crippen LogP contribution < -0.4 is 4.90 Å². The van der Waals surface area contributed by atoms with Gasteiger partial charge in [0.1, 0.15) is 10.8 Å². The third-order valence-corrected chi connectivity index (χ3v) is 4.64. The minimum absolute atomic E-state index is 0.00292. The zero-order chi connectivity index (χ0) is 17.1. The van der Waals surface area contributed by atoms with E-state index in [2.05, 4.69) is 15.0 Å². The van der Waals surface area contributed by atoms with Gasteiger partial charge in [-0.3, -0.25) is 0 Å². The number of esters is 1. The Morgan fingerprint density at radius 3 is 2.88 bits per heavy atom. The fourth-order valence-electron chi connectivity index (χ4n) is 2.62. The lowest BCUT2D eigenvalue weighted by Crippen LogP contribution is -2.24. The van der Waals surface area contributed by atoms with E-state index >= 15 is 0 Å². The van der Waals surface area contributed by atoms with Gasteiger partial charge in [-0.1, -0.05) is 0 Å². The van der Waals surface area contributed by atoms with E-state index in [-0.39, 0.29) is 11.7 Å². The second-order valence-electron chi connectivity index (χ2n) is 5.21. The number of aromatic nitrogens is 3. The third-order valence-electron chi connectivity index (χ3n) is 3.70. The molecule has 1 N–H and O–H groups in total. The molecule has 1 fully saturated rings. The lowest BCUT2D eigenvalue weighted by atomic mass is 10.2. The monoisotopic (exact) mass is 348 g/mol. The van der Waals surface area contributed by atoms with Gasteiger partial charge in [0.05, 0.1) is 25.0 Å². The average molecular weight is 348 g/mol. The Morgan fingerprint density at radius 1 is 1.38 bits per heavy atom. The fraction of sp³-hybridized carbons (Fsp3) is 0.400. The van der Waals surface area contributed by atoms with Crippen molar-refractivity contribution in [1.29, 1.82) is 0 Å². The van der Waals surface area contributed by atoms with E-state index < -0.39 is 11.9 Å². The van der Waals surface area contributed by atoms with Crippen molar-refractivity contribution in [3.05, 3.63) is 34.2 Å². The number of carbonyl (C=O) groups is 2. The van der Waals surface area contributed by atoms with Crippen LogP contribution in [0.2, 0.25) is 0 Å². The predicted molar refractivity (Wildman–Crippen MR) is 86.4 cm³/mol. The van der Waals surface area contributed by atoms with E-state index in [1.807, 2.05) is 4.90 Å². The second-order valence-corrected chi connectivity index (χ2v) is 6.10. The summed E-state index contributed by atoms with van der Waals surface area (Å²) in [5.41, 5.74) is 0.226. The van der Waals surface area contributed by atoms with Crippen molar-refractivity contribution in [3.8, 4) is 0 Å². The molecule has 1 unspecified atom stereocenters. The van der Waals surface area contributed by atoms with Gasteiger partial charge in [0.25, 0.3) is 0 Å². The number of ether oxygens (including phenoxy) is 1. The lowest BCUT2D eigenvalue weighted by Gasteiger charge is -2.23. The molecule has 2 aromatic heterocycles. The SMILES string of the molecule is CCOC(=O)c1csc(C2CCCN2c2cnc(C(=O)O)cn2)n1. The summed E-state index contributed by atoms with van der Waals surface area (Å²) in [6.45, 7) is 2.84. The first kappa shape index (κ1) is 16.3. The van der Waals surface area contributed by atoms with E-state index in [4.69, 9.17) is 9.84 Å². The molecule has 0 saturated carbocycles. The van der Waals surface area contributed by atoms with Gasteiger partial charge < -0.3 is 14.7 Å². The molecule has 3 rings (SSSR count). The summed E-state index contributed by atoms with van der Waals surface area (Å²) in [5, 5.41) is 11.4. The van der Waals surface area contributed by atoms with Crippen LogP contribution in [0.1, 0.15) is 51.8 Å². The molecule has 1 aliphatic heterocycles. The zero-order valence-corrected chi connectivity index (χ0v) is 13.8. The first-order valence-corrected chi connectivity index (χ1v) is 8.42. The number of carbonyl (C=O) groups excluding carboxylic acids is 1. The third kappa shape index (κ3) is 3.21. The minimum atomic E-state index is -1.11. The van der Waals surface area contributed by atoms with Crippen molar-refractivity contribution in [3.63, 3.8) is 0 Å². The summed E-state index contributed by atoms with van der Waals surface area (Å²) in [7, 11) is 0. The molecule has 0 radical (unpaired) electrons. The van der Waals surface area contributed by atoms with Gasteiger partial charge in [-0.2, -0.15) is 0 Å². The Kier molecular flexibility index (Phi) is 4.70. The first-order chi connectivity index (χ1) is 11.6. The molecule has 9 heteroatoms. The maximum absolute atomic E-state index is 11.8. The van der Waals surface area contributed by atoms with Crippen LogP contribution in [-0.2, 0) is 4.74 Å². The highest BCUT2D eigenvalue weighted by atomic mass is 32.1. The van der Waals surface area contributed by atoms with Crippen molar-refractivity contribution < 1.29 is 19.4 Å². The van der Waals surface area contributed by atoms with E-state index in [1.54, 1.807) is 12.3 Å². The number of carboxylic acid groups (broad SMARTS) is 1. The number of rotatable bonds is 5. The molecule has 126 valence electrons.